The Bertz CT molecular complexity index is 581. The topological polar surface area (TPSA) is 9.23 Å². The fourth-order valence-corrected chi connectivity index (χ4v) is 2.29. The van der Waals surface area contributed by atoms with Crippen molar-refractivity contribution in [1.29, 1.82) is 0 Å². The van der Waals surface area contributed by atoms with Crippen LogP contribution in [0.3, 0.4) is 0 Å². The Morgan fingerprint density at radius 1 is 1.05 bits per heavy atom. The van der Waals surface area contributed by atoms with E-state index in [9.17, 15) is 4.39 Å². The Hall–Kier alpha value is -1.35. The van der Waals surface area contributed by atoms with Crippen LogP contribution >= 0.6 is 15.9 Å². The Morgan fingerprint density at radius 2 is 1.84 bits per heavy atom. The van der Waals surface area contributed by atoms with Gasteiger partial charge in [-0.25, -0.2) is 4.39 Å². The first-order valence-electron chi connectivity index (χ1n) is 6.13. The maximum atomic E-state index is 13.1. The molecule has 0 spiro atoms. The second kappa shape index (κ2) is 6.20. The number of hydrogen-bond acceptors (Lipinski definition) is 1. The van der Waals surface area contributed by atoms with Gasteiger partial charge >= 0.3 is 0 Å². The van der Waals surface area contributed by atoms with Crippen LogP contribution in [0.2, 0.25) is 0 Å². The monoisotopic (exact) mass is 322 g/mol. The van der Waals surface area contributed by atoms with Gasteiger partial charge < -0.3 is 4.74 Å². The van der Waals surface area contributed by atoms with Crippen LogP contribution in [0.15, 0.2) is 36.4 Å². The fourth-order valence-electron chi connectivity index (χ4n) is 1.85. The van der Waals surface area contributed by atoms with Crippen LogP contribution in [-0.2, 0) is 11.9 Å². The molecular weight excluding hydrogens is 307 g/mol. The van der Waals surface area contributed by atoms with E-state index >= 15 is 0 Å². The molecule has 0 aliphatic carbocycles. The lowest BCUT2D eigenvalue weighted by atomic mass is 10.1. The van der Waals surface area contributed by atoms with E-state index in [0.717, 1.165) is 16.9 Å². The van der Waals surface area contributed by atoms with Gasteiger partial charge in [-0.3, -0.25) is 0 Å². The van der Waals surface area contributed by atoms with E-state index in [-0.39, 0.29) is 5.82 Å². The molecule has 0 heterocycles. The molecule has 2 aromatic carbocycles. The van der Waals surface area contributed by atoms with Crippen molar-refractivity contribution in [3.8, 4) is 5.75 Å². The molecule has 0 aromatic heterocycles. The van der Waals surface area contributed by atoms with E-state index in [2.05, 4.69) is 48.0 Å². The molecule has 19 heavy (non-hydrogen) atoms. The van der Waals surface area contributed by atoms with E-state index in [0.29, 0.717) is 11.9 Å². The van der Waals surface area contributed by atoms with Crippen molar-refractivity contribution in [3.63, 3.8) is 0 Å². The summed E-state index contributed by atoms with van der Waals surface area (Å²) >= 11 is 3.34. The van der Waals surface area contributed by atoms with Gasteiger partial charge in [-0.1, -0.05) is 34.1 Å². The quantitative estimate of drug-likeness (QED) is 0.726. The third-order valence-electron chi connectivity index (χ3n) is 3.13. The standard InChI is InChI=1S/C16H16BrFO/c1-11-3-4-13(7-12(11)2)10-19-16-6-5-15(18)8-14(16)9-17/h3-8H,9-10H2,1-2H3. The summed E-state index contributed by atoms with van der Waals surface area (Å²) < 4.78 is 18.9. The Labute approximate surface area is 121 Å². The highest BCUT2D eigenvalue weighted by atomic mass is 79.9. The molecule has 100 valence electrons. The molecule has 0 aliphatic heterocycles. The molecule has 0 atom stereocenters. The smallest absolute Gasteiger partial charge is 0.124 e. The highest BCUT2D eigenvalue weighted by Gasteiger charge is 2.05. The molecule has 0 fully saturated rings. The number of rotatable bonds is 4. The molecule has 0 radical (unpaired) electrons. The molecule has 0 saturated carbocycles. The SMILES string of the molecule is Cc1ccc(COc2ccc(F)cc2CBr)cc1C. The first-order chi connectivity index (χ1) is 9.10. The first-order valence-corrected chi connectivity index (χ1v) is 7.25. The summed E-state index contributed by atoms with van der Waals surface area (Å²) in [5, 5.41) is 0.576. The van der Waals surface area contributed by atoms with Crippen molar-refractivity contribution < 1.29 is 9.13 Å². The van der Waals surface area contributed by atoms with Crippen LogP contribution < -0.4 is 4.74 Å². The summed E-state index contributed by atoms with van der Waals surface area (Å²) in [6.45, 7) is 4.66. The zero-order chi connectivity index (χ0) is 13.8. The Morgan fingerprint density at radius 3 is 2.53 bits per heavy atom. The maximum absolute atomic E-state index is 13.1. The van der Waals surface area contributed by atoms with Gasteiger partial charge in [-0.2, -0.15) is 0 Å². The van der Waals surface area contributed by atoms with Gasteiger partial charge in [0.25, 0.3) is 0 Å². The van der Waals surface area contributed by atoms with Crippen molar-refractivity contribution in [1.82, 2.24) is 0 Å². The lowest BCUT2D eigenvalue weighted by Crippen LogP contribution is -1.99. The largest absolute Gasteiger partial charge is 0.489 e. The van der Waals surface area contributed by atoms with Gasteiger partial charge in [0.15, 0.2) is 0 Å². The van der Waals surface area contributed by atoms with Crippen molar-refractivity contribution in [2.75, 3.05) is 0 Å². The van der Waals surface area contributed by atoms with Gasteiger partial charge in [-0.15, -0.1) is 0 Å². The van der Waals surface area contributed by atoms with Crippen LogP contribution in [-0.4, -0.2) is 0 Å². The number of aryl methyl sites for hydroxylation is 2. The molecule has 3 heteroatoms. The van der Waals surface area contributed by atoms with E-state index in [1.165, 1.54) is 23.3 Å². The van der Waals surface area contributed by atoms with Crippen molar-refractivity contribution in [3.05, 3.63) is 64.5 Å². The molecule has 0 unspecified atom stereocenters. The number of benzene rings is 2. The number of ether oxygens (including phenoxy) is 1. The van der Waals surface area contributed by atoms with Crippen LogP contribution in [0.25, 0.3) is 0 Å². The predicted molar refractivity (Wildman–Crippen MR) is 79.3 cm³/mol. The molecule has 0 bridgehead atoms. The summed E-state index contributed by atoms with van der Waals surface area (Å²) in [5.41, 5.74) is 4.46. The molecule has 1 nitrogen and oxygen atoms in total. The number of halogens is 2. The highest BCUT2D eigenvalue weighted by Crippen LogP contribution is 2.23. The van der Waals surface area contributed by atoms with Crippen LogP contribution in [0.4, 0.5) is 4.39 Å². The second-order valence-corrected chi connectivity index (χ2v) is 5.15. The zero-order valence-corrected chi connectivity index (χ0v) is 12.6. The average Bonchev–Trinajstić information content (AvgIpc) is 2.41. The second-order valence-electron chi connectivity index (χ2n) is 4.59. The summed E-state index contributed by atoms with van der Waals surface area (Å²) in [6.07, 6.45) is 0. The number of alkyl halides is 1. The molecule has 0 amide bonds. The van der Waals surface area contributed by atoms with Gasteiger partial charge in [-0.05, 0) is 48.7 Å². The lowest BCUT2D eigenvalue weighted by molar-refractivity contribution is 0.303. The Kier molecular flexibility index (Phi) is 4.59. The summed E-state index contributed by atoms with van der Waals surface area (Å²) in [6, 6.07) is 10.8. The number of hydrogen-bond donors (Lipinski definition) is 0. The summed E-state index contributed by atoms with van der Waals surface area (Å²) in [4.78, 5) is 0. The van der Waals surface area contributed by atoms with Crippen molar-refractivity contribution in [2.24, 2.45) is 0 Å². The van der Waals surface area contributed by atoms with Gasteiger partial charge in [0.1, 0.15) is 18.2 Å². The van der Waals surface area contributed by atoms with E-state index in [1.807, 2.05) is 0 Å². The minimum Gasteiger partial charge on any atom is -0.489 e. The van der Waals surface area contributed by atoms with Gasteiger partial charge in [0, 0.05) is 10.9 Å². The maximum Gasteiger partial charge on any atom is 0.124 e. The molecule has 0 saturated heterocycles. The summed E-state index contributed by atoms with van der Waals surface area (Å²) in [5.74, 6) is 0.476. The van der Waals surface area contributed by atoms with Crippen LogP contribution in [0.1, 0.15) is 22.3 Å². The minimum atomic E-state index is -0.243. The molecular formula is C16H16BrFO. The molecule has 2 rings (SSSR count). The third kappa shape index (κ3) is 3.57. The minimum absolute atomic E-state index is 0.243. The normalized spacial score (nSPS) is 10.5. The Balaban J connectivity index is 2.12. The van der Waals surface area contributed by atoms with E-state index in [1.54, 1.807) is 6.07 Å². The summed E-state index contributed by atoms with van der Waals surface area (Å²) in [7, 11) is 0. The fraction of sp³-hybridized carbons (Fsp3) is 0.250. The molecule has 0 aliphatic rings. The van der Waals surface area contributed by atoms with Crippen molar-refractivity contribution in [2.45, 2.75) is 25.8 Å². The van der Waals surface area contributed by atoms with Crippen molar-refractivity contribution >= 4 is 15.9 Å². The van der Waals surface area contributed by atoms with E-state index < -0.39 is 0 Å². The van der Waals surface area contributed by atoms with Gasteiger partial charge in [0.05, 0.1) is 0 Å². The molecule has 0 N–H and O–H groups in total. The van der Waals surface area contributed by atoms with Gasteiger partial charge in [0.2, 0.25) is 0 Å². The van der Waals surface area contributed by atoms with Crippen LogP contribution in [0.5, 0.6) is 5.75 Å². The first kappa shape index (κ1) is 14.1. The van der Waals surface area contributed by atoms with E-state index in [4.69, 9.17) is 4.74 Å². The third-order valence-corrected chi connectivity index (χ3v) is 3.74. The zero-order valence-electron chi connectivity index (χ0n) is 11.0. The average molecular weight is 323 g/mol. The predicted octanol–water partition coefficient (Wildman–Crippen LogP) is 4.92. The lowest BCUT2D eigenvalue weighted by Gasteiger charge is -2.11. The molecule has 2 aromatic rings. The highest BCUT2D eigenvalue weighted by molar-refractivity contribution is 9.08. The van der Waals surface area contributed by atoms with Crippen LogP contribution in [0, 0.1) is 19.7 Å².